The Bertz CT molecular complexity index is 1260. The molecule has 1 saturated heterocycles. The van der Waals surface area contributed by atoms with Gasteiger partial charge in [0.25, 0.3) is 0 Å². The molecule has 1 heterocycles. The number of nitrogens with one attached hydrogen (secondary N) is 2. The van der Waals surface area contributed by atoms with Gasteiger partial charge in [0.1, 0.15) is 38.9 Å². The third-order valence-corrected chi connectivity index (χ3v) is 8.52. The molecule has 1 aliphatic heterocycles. The predicted molar refractivity (Wildman–Crippen MR) is 144 cm³/mol. The Kier molecular flexibility index (Phi) is 11.7. The van der Waals surface area contributed by atoms with Gasteiger partial charge in [0.15, 0.2) is 5.96 Å². The van der Waals surface area contributed by atoms with E-state index in [0.29, 0.717) is 19.1 Å². The Hall–Kier alpha value is -3.24. The minimum Gasteiger partial charge on any atom is -0.495 e. The van der Waals surface area contributed by atoms with Gasteiger partial charge in [0.2, 0.25) is 21.8 Å². The zero-order chi connectivity index (χ0) is 29.2. The number of guanidine groups is 1. The van der Waals surface area contributed by atoms with Crippen molar-refractivity contribution in [1.29, 1.82) is 0 Å². The fourth-order valence-corrected chi connectivity index (χ4v) is 6.19. The van der Waals surface area contributed by atoms with Crippen LogP contribution in [0.15, 0.2) is 34.2 Å². The lowest BCUT2D eigenvalue weighted by Gasteiger charge is -2.29. The molecule has 0 radical (unpaired) electrons. The summed E-state index contributed by atoms with van der Waals surface area (Å²) in [7, 11) is -6.57. The number of benzene rings is 1. The number of para-hydroxylation sites is 1. The van der Waals surface area contributed by atoms with Crippen molar-refractivity contribution in [3.63, 3.8) is 0 Å². The lowest BCUT2D eigenvalue weighted by Crippen LogP contribution is -2.55. The van der Waals surface area contributed by atoms with Crippen LogP contribution in [0, 0.1) is 0 Å². The third kappa shape index (κ3) is 9.78. The van der Waals surface area contributed by atoms with Gasteiger partial charge >= 0.3 is 0 Å². The molecule has 1 fully saturated rings. The number of carbonyl (C=O) groups excluding carboxylic acids is 3. The van der Waals surface area contributed by atoms with Crippen LogP contribution in [0.25, 0.3) is 0 Å². The normalized spacial score (nSPS) is 17.2. The van der Waals surface area contributed by atoms with Crippen LogP contribution in [0.2, 0.25) is 0 Å². The first-order chi connectivity index (χ1) is 18.3. The number of hydrogen-bond acceptors (Lipinski definition) is 9. The van der Waals surface area contributed by atoms with E-state index in [0.717, 1.165) is 6.26 Å². The highest BCUT2D eigenvalue weighted by Gasteiger charge is 2.39. The summed E-state index contributed by atoms with van der Waals surface area (Å²) in [5, 5.41) is 2.60. The topological polar surface area (TPSA) is 220 Å². The molecule has 1 aromatic rings. The van der Waals surface area contributed by atoms with Crippen molar-refractivity contribution >= 4 is 43.9 Å². The zero-order valence-corrected chi connectivity index (χ0v) is 23.5. The summed E-state index contributed by atoms with van der Waals surface area (Å²) < 4.78 is 57.5. The number of nitrogens with two attached hydrogens (primary N) is 2. The standard InChI is InChI=1S/C23H36N6O8S2/c1-37-19-9-3-4-10-20(19)39(35,36)28-17(11-14-38(2,33)34)22(32)29-13-6-8-18(29)21(31)27-16(15-30)7-5-12-26-23(24)25/h3-4,9-10,15-18,28H,5-8,11-14H2,1-2H3,(H,27,31)(H4,24,25,26). The van der Waals surface area contributed by atoms with Gasteiger partial charge in [-0.25, -0.2) is 16.8 Å². The number of ether oxygens (including phenoxy) is 1. The highest BCUT2D eigenvalue weighted by Crippen LogP contribution is 2.25. The van der Waals surface area contributed by atoms with Crippen molar-refractivity contribution in [2.45, 2.75) is 55.1 Å². The first-order valence-electron chi connectivity index (χ1n) is 12.2. The highest BCUT2D eigenvalue weighted by atomic mass is 32.2. The number of nitrogens with zero attached hydrogens (tertiary/aromatic N) is 2. The smallest absolute Gasteiger partial charge is 0.244 e. The number of likely N-dealkylation sites (tertiary alicyclic amines) is 1. The molecule has 39 heavy (non-hydrogen) atoms. The molecule has 0 aliphatic carbocycles. The molecule has 16 heteroatoms. The van der Waals surface area contributed by atoms with Crippen molar-refractivity contribution in [3.8, 4) is 5.75 Å². The van der Waals surface area contributed by atoms with Crippen molar-refractivity contribution in [3.05, 3.63) is 24.3 Å². The van der Waals surface area contributed by atoms with Crippen LogP contribution in [0.1, 0.15) is 32.1 Å². The number of amides is 2. The van der Waals surface area contributed by atoms with Gasteiger partial charge < -0.3 is 31.2 Å². The minimum atomic E-state index is -4.32. The minimum absolute atomic E-state index is 0.0393. The summed E-state index contributed by atoms with van der Waals surface area (Å²) in [6.07, 6.45) is 2.63. The number of aldehydes is 1. The van der Waals surface area contributed by atoms with Crippen LogP contribution < -0.4 is 26.2 Å². The molecule has 2 amide bonds. The third-order valence-electron chi connectivity index (χ3n) is 6.03. The van der Waals surface area contributed by atoms with E-state index in [1.54, 1.807) is 6.07 Å². The second-order valence-electron chi connectivity index (χ2n) is 9.13. The molecule has 14 nitrogen and oxygen atoms in total. The van der Waals surface area contributed by atoms with Gasteiger partial charge in [-0.3, -0.25) is 14.6 Å². The fraction of sp³-hybridized carbons (Fsp3) is 0.565. The maximum absolute atomic E-state index is 13.6. The SMILES string of the molecule is COc1ccccc1S(=O)(=O)NC(CCS(C)(=O)=O)C(=O)N1CCCC1C(=O)NC(C=O)CCCN=C(N)N. The summed E-state index contributed by atoms with van der Waals surface area (Å²) in [5.41, 5.74) is 10.5. The van der Waals surface area contributed by atoms with Crippen LogP contribution in [0.4, 0.5) is 0 Å². The van der Waals surface area contributed by atoms with E-state index in [1.807, 2.05) is 0 Å². The molecule has 3 atom stereocenters. The summed E-state index contributed by atoms with van der Waals surface area (Å²) in [5.74, 6) is -1.84. The molecule has 218 valence electrons. The van der Waals surface area contributed by atoms with Crippen molar-refractivity contribution in [2.24, 2.45) is 16.5 Å². The average Bonchev–Trinajstić information content (AvgIpc) is 3.37. The van der Waals surface area contributed by atoms with Crippen LogP contribution in [-0.4, -0.2) is 96.1 Å². The molecule has 1 aromatic carbocycles. The van der Waals surface area contributed by atoms with E-state index in [9.17, 15) is 31.2 Å². The van der Waals surface area contributed by atoms with Crippen molar-refractivity contribution in [2.75, 3.05) is 32.2 Å². The summed E-state index contributed by atoms with van der Waals surface area (Å²) in [6.45, 7) is 0.421. The first kappa shape index (κ1) is 32.0. The number of sulfone groups is 1. The molecular formula is C23H36N6O8S2. The average molecular weight is 589 g/mol. The molecule has 0 saturated carbocycles. The van der Waals surface area contributed by atoms with Gasteiger partial charge in [-0.05, 0) is 44.2 Å². The molecule has 0 bridgehead atoms. The molecule has 6 N–H and O–H groups in total. The van der Waals surface area contributed by atoms with E-state index in [1.165, 1.54) is 30.2 Å². The number of hydrogen-bond donors (Lipinski definition) is 4. The molecule has 0 spiro atoms. The molecular weight excluding hydrogens is 552 g/mol. The Morgan fingerprint density at radius 2 is 1.90 bits per heavy atom. The molecule has 0 aromatic heterocycles. The van der Waals surface area contributed by atoms with Crippen LogP contribution in [-0.2, 0) is 34.2 Å². The second kappa shape index (κ2) is 14.2. The predicted octanol–water partition coefficient (Wildman–Crippen LogP) is -1.49. The monoisotopic (exact) mass is 588 g/mol. The highest BCUT2D eigenvalue weighted by molar-refractivity contribution is 7.90. The summed E-state index contributed by atoms with van der Waals surface area (Å²) in [4.78, 5) is 42.9. The first-order valence-corrected chi connectivity index (χ1v) is 15.8. The number of carbonyl (C=O) groups is 3. The Morgan fingerprint density at radius 3 is 2.51 bits per heavy atom. The van der Waals surface area contributed by atoms with Gasteiger partial charge in [0, 0.05) is 19.3 Å². The van der Waals surface area contributed by atoms with Crippen LogP contribution in [0.5, 0.6) is 5.75 Å². The fourth-order valence-electron chi connectivity index (χ4n) is 4.13. The second-order valence-corrected chi connectivity index (χ2v) is 13.1. The lowest BCUT2D eigenvalue weighted by molar-refractivity contribution is -0.140. The number of sulfonamides is 1. The quantitative estimate of drug-likeness (QED) is 0.0804. The van der Waals surface area contributed by atoms with E-state index < -0.39 is 55.6 Å². The Balaban J connectivity index is 2.23. The van der Waals surface area contributed by atoms with E-state index >= 15 is 0 Å². The van der Waals surface area contributed by atoms with Gasteiger partial charge in [-0.1, -0.05) is 12.1 Å². The maximum Gasteiger partial charge on any atom is 0.244 e. The number of rotatable bonds is 15. The van der Waals surface area contributed by atoms with E-state index in [-0.39, 0.29) is 49.0 Å². The Morgan fingerprint density at radius 1 is 1.21 bits per heavy atom. The molecule has 3 unspecified atom stereocenters. The summed E-state index contributed by atoms with van der Waals surface area (Å²) in [6, 6.07) is 2.51. The van der Waals surface area contributed by atoms with E-state index in [4.69, 9.17) is 16.2 Å². The van der Waals surface area contributed by atoms with Crippen LogP contribution >= 0.6 is 0 Å². The largest absolute Gasteiger partial charge is 0.495 e. The number of aliphatic imine (C=N–C) groups is 1. The van der Waals surface area contributed by atoms with Crippen molar-refractivity contribution < 1.29 is 36.0 Å². The van der Waals surface area contributed by atoms with Gasteiger partial charge in [0.05, 0.1) is 18.9 Å². The van der Waals surface area contributed by atoms with Crippen LogP contribution in [0.3, 0.4) is 0 Å². The Labute approximate surface area is 228 Å². The lowest BCUT2D eigenvalue weighted by atomic mass is 10.1. The maximum atomic E-state index is 13.6. The van der Waals surface area contributed by atoms with Gasteiger partial charge in [-0.2, -0.15) is 4.72 Å². The summed E-state index contributed by atoms with van der Waals surface area (Å²) >= 11 is 0. The molecule has 2 rings (SSSR count). The zero-order valence-electron chi connectivity index (χ0n) is 21.9. The molecule has 1 aliphatic rings. The van der Waals surface area contributed by atoms with Gasteiger partial charge in [-0.15, -0.1) is 0 Å². The van der Waals surface area contributed by atoms with Crippen molar-refractivity contribution in [1.82, 2.24) is 14.9 Å². The van der Waals surface area contributed by atoms with E-state index in [2.05, 4.69) is 15.0 Å². The number of methoxy groups -OCH3 is 1.